The summed E-state index contributed by atoms with van der Waals surface area (Å²) < 4.78 is 11.0. The number of amides is 1. The van der Waals surface area contributed by atoms with Crippen LogP contribution in [0.5, 0.6) is 11.5 Å². The van der Waals surface area contributed by atoms with Crippen molar-refractivity contribution >= 4 is 12.0 Å². The molecule has 1 atom stereocenters. The Morgan fingerprint density at radius 3 is 2.81 bits per heavy atom. The molecule has 0 spiro atoms. The lowest BCUT2D eigenvalue weighted by atomic mass is 10.0. The highest BCUT2D eigenvalue weighted by Crippen LogP contribution is 2.26. The normalized spacial score (nSPS) is 14.1. The zero-order valence-electron chi connectivity index (χ0n) is 15.4. The molecule has 1 heterocycles. The lowest BCUT2D eigenvalue weighted by Crippen LogP contribution is -2.36. The van der Waals surface area contributed by atoms with E-state index in [1.54, 1.807) is 7.11 Å². The number of ether oxygens (including phenoxy) is 2. The van der Waals surface area contributed by atoms with Crippen LogP contribution in [0.15, 0.2) is 54.1 Å². The summed E-state index contributed by atoms with van der Waals surface area (Å²) in [6.07, 6.45) is 1.89. The average molecular weight is 352 g/mol. The number of fused-ring (bicyclic) bond motifs is 1. The molecule has 0 unspecified atom stereocenters. The molecular weight excluding hydrogens is 328 g/mol. The van der Waals surface area contributed by atoms with Crippen molar-refractivity contribution < 1.29 is 14.3 Å². The number of rotatable bonds is 6. The van der Waals surface area contributed by atoms with E-state index < -0.39 is 0 Å². The third-order valence-corrected chi connectivity index (χ3v) is 4.48. The monoisotopic (exact) mass is 352 g/mol. The smallest absolute Gasteiger partial charge is 0.250 e. The van der Waals surface area contributed by atoms with E-state index in [4.69, 9.17) is 9.47 Å². The fourth-order valence-corrected chi connectivity index (χ4v) is 3.00. The molecule has 1 aliphatic heterocycles. The first kappa shape index (κ1) is 18.0. The van der Waals surface area contributed by atoms with Gasteiger partial charge in [-0.1, -0.05) is 30.3 Å². The van der Waals surface area contributed by atoms with Gasteiger partial charge in [0.05, 0.1) is 18.7 Å². The van der Waals surface area contributed by atoms with Gasteiger partial charge in [-0.15, -0.1) is 0 Å². The third kappa shape index (κ3) is 4.06. The van der Waals surface area contributed by atoms with Crippen LogP contribution in [0.25, 0.3) is 6.08 Å². The first-order chi connectivity index (χ1) is 12.6. The number of nitrogens with one attached hydrogen (secondary N) is 1. The summed E-state index contributed by atoms with van der Waals surface area (Å²) in [5, 5.41) is 3.03. The van der Waals surface area contributed by atoms with Gasteiger partial charge in [0.2, 0.25) is 0 Å². The van der Waals surface area contributed by atoms with Crippen molar-refractivity contribution in [1.82, 2.24) is 10.2 Å². The number of hydrogen-bond acceptors (Lipinski definition) is 4. The second-order valence-electron chi connectivity index (χ2n) is 6.46. The standard InChI is InChI=1S/C21H24N2O3/c1-23(2)19(15-8-6-9-18(12-15)25-3)13-22-21(24)17-11-16-7-4-5-10-20(16)26-14-17/h4-12,19H,13-14H2,1-3H3,(H,22,24)/t19-/m0/s1. The predicted octanol–water partition coefficient (Wildman–Crippen LogP) is 2.89. The number of carbonyl (C=O) groups excluding carboxylic acids is 1. The molecule has 1 amide bonds. The Kier molecular flexibility index (Phi) is 5.58. The lowest BCUT2D eigenvalue weighted by Gasteiger charge is -2.26. The lowest BCUT2D eigenvalue weighted by molar-refractivity contribution is -0.118. The number of likely N-dealkylation sites (N-methyl/N-ethyl adjacent to an activating group) is 1. The molecule has 5 nitrogen and oxygen atoms in total. The number of hydrogen-bond donors (Lipinski definition) is 1. The number of nitrogens with zero attached hydrogens (tertiary/aromatic N) is 1. The predicted molar refractivity (Wildman–Crippen MR) is 102 cm³/mol. The maximum Gasteiger partial charge on any atom is 0.250 e. The van der Waals surface area contributed by atoms with Gasteiger partial charge in [0.25, 0.3) is 5.91 Å². The SMILES string of the molecule is COc1cccc([C@H](CNC(=O)C2=Cc3ccccc3OC2)N(C)C)c1. The molecule has 2 aromatic carbocycles. The number of carbonyl (C=O) groups is 1. The zero-order chi connectivity index (χ0) is 18.5. The van der Waals surface area contributed by atoms with E-state index in [1.165, 1.54) is 0 Å². The zero-order valence-corrected chi connectivity index (χ0v) is 15.4. The number of methoxy groups -OCH3 is 1. The Bertz CT molecular complexity index is 814. The van der Waals surface area contributed by atoms with Gasteiger partial charge in [0.1, 0.15) is 18.1 Å². The maximum atomic E-state index is 12.6. The molecule has 1 N–H and O–H groups in total. The van der Waals surface area contributed by atoms with Gasteiger partial charge in [-0.05, 0) is 43.9 Å². The van der Waals surface area contributed by atoms with Crippen LogP contribution in [-0.2, 0) is 4.79 Å². The maximum absolute atomic E-state index is 12.6. The third-order valence-electron chi connectivity index (χ3n) is 4.48. The first-order valence-electron chi connectivity index (χ1n) is 8.59. The van der Waals surface area contributed by atoms with Crippen LogP contribution >= 0.6 is 0 Å². The Morgan fingerprint density at radius 1 is 1.23 bits per heavy atom. The molecule has 1 aliphatic rings. The van der Waals surface area contributed by atoms with Gasteiger partial charge in [-0.25, -0.2) is 0 Å². The fraction of sp³-hybridized carbons (Fsp3) is 0.286. The van der Waals surface area contributed by atoms with Crippen molar-refractivity contribution in [2.45, 2.75) is 6.04 Å². The van der Waals surface area contributed by atoms with Gasteiger partial charge in [-0.2, -0.15) is 0 Å². The minimum Gasteiger partial charge on any atom is -0.497 e. The summed E-state index contributed by atoms with van der Waals surface area (Å²) in [4.78, 5) is 14.7. The number of para-hydroxylation sites is 1. The van der Waals surface area contributed by atoms with Crippen LogP contribution in [0.3, 0.4) is 0 Å². The van der Waals surface area contributed by atoms with Crippen LogP contribution in [-0.4, -0.2) is 45.2 Å². The van der Waals surface area contributed by atoms with E-state index in [0.29, 0.717) is 12.1 Å². The van der Waals surface area contributed by atoms with E-state index in [1.807, 2.05) is 68.7 Å². The van der Waals surface area contributed by atoms with Crippen LogP contribution in [0.4, 0.5) is 0 Å². The molecule has 0 saturated heterocycles. The summed E-state index contributed by atoms with van der Waals surface area (Å²) in [6.45, 7) is 0.784. The average Bonchev–Trinajstić information content (AvgIpc) is 2.67. The first-order valence-corrected chi connectivity index (χ1v) is 8.59. The summed E-state index contributed by atoms with van der Waals surface area (Å²) >= 11 is 0. The van der Waals surface area contributed by atoms with Crippen molar-refractivity contribution in [2.24, 2.45) is 0 Å². The second-order valence-corrected chi connectivity index (χ2v) is 6.46. The Labute approximate surface area is 154 Å². The molecule has 5 heteroatoms. The minimum absolute atomic E-state index is 0.0476. The Hall–Kier alpha value is -2.79. The molecule has 0 saturated carbocycles. The van der Waals surface area contributed by atoms with Crippen LogP contribution in [0.1, 0.15) is 17.2 Å². The van der Waals surface area contributed by atoms with E-state index >= 15 is 0 Å². The molecule has 136 valence electrons. The molecule has 0 fully saturated rings. The molecule has 0 aliphatic carbocycles. The summed E-state index contributed by atoms with van der Waals surface area (Å²) in [5.41, 5.74) is 2.65. The highest BCUT2D eigenvalue weighted by atomic mass is 16.5. The summed E-state index contributed by atoms with van der Waals surface area (Å²) in [5.74, 6) is 1.52. The van der Waals surface area contributed by atoms with Gasteiger partial charge in [0.15, 0.2) is 0 Å². The van der Waals surface area contributed by atoms with Crippen molar-refractivity contribution in [3.63, 3.8) is 0 Å². The van der Waals surface area contributed by atoms with Crippen molar-refractivity contribution in [3.8, 4) is 11.5 Å². The fourth-order valence-electron chi connectivity index (χ4n) is 3.00. The highest BCUT2D eigenvalue weighted by molar-refractivity contribution is 5.99. The second kappa shape index (κ2) is 8.06. The summed E-state index contributed by atoms with van der Waals surface area (Å²) in [7, 11) is 5.64. The van der Waals surface area contributed by atoms with Crippen molar-refractivity contribution in [1.29, 1.82) is 0 Å². The topological polar surface area (TPSA) is 50.8 Å². The Balaban J connectivity index is 1.70. The van der Waals surface area contributed by atoms with E-state index in [-0.39, 0.29) is 18.6 Å². The van der Waals surface area contributed by atoms with Gasteiger partial charge in [-0.3, -0.25) is 4.79 Å². The molecular formula is C21H24N2O3. The Morgan fingerprint density at radius 2 is 2.04 bits per heavy atom. The van der Waals surface area contributed by atoms with Crippen LogP contribution in [0.2, 0.25) is 0 Å². The van der Waals surface area contributed by atoms with Crippen LogP contribution < -0.4 is 14.8 Å². The molecule has 0 bridgehead atoms. The quantitative estimate of drug-likeness (QED) is 0.869. The van der Waals surface area contributed by atoms with Gasteiger partial charge in [0, 0.05) is 12.1 Å². The minimum atomic E-state index is -0.103. The molecule has 2 aromatic rings. The van der Waals surface area contributed by atoms with Crippen molar-refractivity contribution in [3.05, 3.63) is 65.2 Å². The van der Waals surface area contributed by atoms with E-state index in [0.717, 1.165) is 22.6 Å². The molecule has 0 radical (unpaired) electrons. The van der Waals surface area contributed by atoms with Crippen molar-refractivity contribution in [2.75, 3.05) is 34.4 Å². The summed E-state index contributed by atoms with van der Waals surface area (Å²) in [6, 6.07) is 15.7. The molecule has 0 aromatic heterocycles. The van der Waals surface area contributed by atoms with E-state index in [2.05, 4.69) is 10.2 Å². The number of benzene rings is 2. The molecule has 3 rings (SSSR count). The van der Waals surface area contributed by atoms with E-state index in [9.17, 15) is 4.79 Å². The van der Waals surface area contributed by atoms with Crippen LogP contribution in [0, 0.1) is 0 Å². The largest absolute Gasteiger partial charge is 0.497 e. The highest BCUT2D eigenvalue weighted by Gasteiger charge is 2.20. The van der Waals surface area contributed by atoms with Gasteiger partial charge < -0.3 is 19.7 Å². The molecule has 26 heavy (non-hydrogen) atoms. The van der Waals surface area contributed by atoms with Gasteiger partial charge >= 0.3 is 0 Å².